The first kappa shape index (κ1) is 17.1. The second-order valence-corrected chi connectivity index (χ2v) is 6.67. The van der Waals surface area contributed by atoms with Crippen molar-refractivity contribution in [1.29, 1.82) is 0 Å². The molecule has 7 heteroatoms. The van der Waals surface area contributed by atoms with Crippen LogP contribution in [-0.2, 0) is 20.0 Å². The van der Waals surface area contributed by atoms with Crippen LogP contribution in [0.25, 0.3) is 28.2 Å². The zero-order valence-corrected chi connectivity index (χ0v) is 15.0. The lowest BCUT2D eigenvalue weighted by Crippen LogP contribution is -2.20. The highest BCUT2D eigenvalue weighted by Crippen LogP contribution is 2.37. The fourth-order valence-electron chi connectivity index (χ4n) is 3.72. The number of aromatic carboxylic acids is 1. The van der Waals surface area contributed by atoms with Crippen molar-refractivity contribution in [3.8, 4) is 17.0 Å². The minimum absolute atomic E-state index is 0.328. The van der Waals surface area contributed by atoms with E-state index in [1.807, 2.05) is 38.4 Å². The molecular formula is C20H19N3O4. The third-order valence-electron chi connectivity index (χ3n) is 5.06. The summed E-state index contributed by atoms with van der Waals surface area (Å²) in [5, 5.41) is 23.8. The molecule has 27 heavy (non-hydrogen) atoms. The number of nitrogens with zero attached hydrogens (tertiary/aromatic N) is 1. The number of nitrogens with one attached hydrogen (secondary N) is 2. The Balaban J connectivity index is 2.03. The van der Waals surface area contributed by atoms with E-state index >= 15 is 0 Å². The average Bonchev–Trinajstić information content (AvgIpc) is 2.80. The van der Waals surface area contributed by atoms with Crippen molar-refractivity contribution >= 4 is 22.9 Å². The van der Waals surface area contributed by atoms with E-state index in [1.165, 1.54) is 0 Å². The number of pyridine rings is 1. The Kier molecular flexibility index (Phi) is 3.89. The molecule has 0 saturated heterocycles. The number of carbonyl (C=O) groups is 1. The van der Waals surface area contributed by atoms with Gasteiger partial charge in [-0.2, -0.15) is 0 Å². The number of carboxylic acid groups (broad SMARTS) is 1. The van der Waals surface area contributed by atoms with Crippen LogP contribution in [-0.4, -0.2) is 32.8 Å². The first-order valence-corrected chi connectivity index (χ1v) is 8.57. The zero-order chi connectivity index (χ0) is 19.3. The van der Waals surface area contributed by atoms with E-state index in [9.17, 15) is 19.8 Å². The number of fused-ring (bicyclic) bond motifs is 4. The normalized spacial score (nSPS) is 12.7. The highest BCUT2D eigenvalue weighted by Gasteiger charge is 2.24. The Bertz CT molecular complexity index is 1180. The second kappa shape index (κ2) is 6.14. The molecule has 0 bridgehead atoms. The van der Waals surface area contributed by atoms with Crippen LogP contribution >= 0.6 is 0 Å². The highest BCUT2D eigenvalue weighted by molar-refractivity contribution is 5.95. The van der Waals surface area contributed by atoms with Gasteiger partial charge in [-0.3, -0.25) is 4.79 Å². The Morgan fingerprint density at radius 3 is 2.81 bits per heavy atom. The molecule has 2 heterocycles. The van der Waals surface area contributed by atoms with Crippen LogP contribution in [0.5, 0.6) is 5.75 Å². The van der Waals surface area contributed by atoms with Gasteiger partial charge in [0.25, 0.3) is 5.56 Å². The standard InChI is InChI=1S/C20H19N3O4/c1-21-9-12-6-11-7-14-10(8-15(11)23(12)2)4-3-5-13-17(14)22-19(25)16(18(13)24)20(26)27/h3-4,6-8,21H,5,9H2,1-2H3,(H,26,27)(H2,22,24,25). The van der Waals surface area contributed by atoms with Crippen LogP contribution in [0.15, 0.2) is 29.1 Å². The van der Waals surface area contributed by atoms with Gasteiger partial charge in [-0.25, -0.2) is 4.79 Å². The van der Waals surface area contributed by atoms with Crippen LogP contribution in [0, 0.1) is 0 Å². The summed E-state index contributed by atoms with van der Waals surface area (Å²) in [6.07, 6.45) is 4.11. The maximum atomic E-state index is 12.3. The summed E-state index contributed by atoms with van der Waals surface area (Å²) in [6, 6.07) is 6.08. The van der Waals surface area contributed by atoms with Gasteiger partial charge in [0.05, 0.1) is 5.69 Å². The van der Waals surface area contributed by atoms with Gasteiger partial charge in [0.15, 0.2) is 5.56 Å². The molecule has 3 aromatic rings. The predicted molar refractivity (Wildman–Crippen MR) is 103 cm³/mol. The van der Waals surface area contributed by atoms with E-state index in [1.54, 1.807) is 0 Å². The van der Waals surface area contributed by atoms with Crippen molar-refractivity contribution in [3.05, 3.63) is 57.0 Å². The van der Waals surface area contributed by atoms with Gasteiger partial charge < -0.3 is 25.1 Å². The van der Waals surface area contributed by atoms with Crippen molar-refractivity contribution in [3.63, 3.8) is 0 Å². The van der Waals surface area contributed by atoms with Gasteiger partial charge in [-0.1, -0.05) is 12.2 Å². The minimum atomic E-state index is -1.44. The lowest BCUT2D eigenvalue weighted by Gasteiger charge is -2.13. The number of rotatable bonds is 3. The molecule has 0 atom stereocenters. The number of aromatic nitrogens is 2. The Labute approximate surface area is 154 Å². The number of benzene rings is 1. The maximum absolute atomic E-state index is 12.3. The first-order valence-electron chi connectivity index (χ1n) is 8.57. The lowest BCUT2D eigenvalue weighted by molar-refractivity contribution is 0.0691. The third kappa shape index (κ3) is 2.55. The summed E-state index contributed by atoms with van der Waals surface area (Å²) in [7, 11) is 3.89. The summed E-state index contributed by atoms with van der Waals surface area (Å²) in [4.78, 5) is 26.3. The Morgan fingerprint density at radius 2 is 2.11 bits per heavy atom. The SMILES string of the molecule is CNCc1cc2cc3c(cc2n1C)C=CCc1c-3[nH]c(=O)c(C(=O)O)c1O. The topological polar surface area (TPSA) is 107 Å². The van der Waals surface area contributed by atoms with Crippen molar-refractivity contribution < 1.29 is 15.0 Å². The van der Waals surface area contributed by atoms with Gasteiger partial charge in [0.2, 0.25) is 0 Å². The molecule has 0 spiro atoms. The number of hydrogen-bond acceptors (Lipinski definition) is 4. The van der Waals surface area contributed by atoms with Crippen LogP contribution in [0.1, 0.15) is 27.2 Å². The van der Waals surface area contributed by atoms with E-state index in [0.29, 0.717) is 17.7 Å². The molecule has 0 saturated carbocycles. The molecule has 0 unspecified atom stereocenters. The van der Waals surface area contributed by atoms with Gasteiger partial charge in [0, 0.05) is 41.3 Å². The van der Waals surface area contributed by atoms with Crippen molar-refractivity contribution in [2.24, 2.45) is 7.05 Å². The summed E-state index contributed by atoms with van der Waals surface area (Å²) < 4.78 is 2.11. The summed E-state index contributed by atoms with van der Waals surface area (Å²) in [5.41, 5.74) is 3.28. The fourth-order valence-corrected chi connectivity index (χ4v) is 3.72. The molecule has 1 aliphatic rings. The molecule has 1 aromatic carbocycles. The number of aromatic amines is 1. The van der Waals surface area contributed by atoms with Gasteiger partial charge in [-0.05, 0) is 37.2 Å². The van der Waals surface area contributed by atoms with Crippen LogP contribution in [0.4, 0.5) is 0 Å². The quantitative estimate of drug-likeness (QED) is 0.569. The summed E-state index contributed by atoms with van der Waals surface area (Å²) in [6.45, 7) is 0.724. The lowest BCUT2D eigenvalue weighted by atomic mass is 9.98. The number of hydrogen-bond donors (Lipinski definition) is 4. The van der Waals surface area contributed by atoms with E-state index in [2.05, 4.69) is 20.9 Å². The summed E-state index contributed by atoms with van der Waals surface area (Å²) in [5.74, 6) is -1.91. The van der Waals surface area contributed by atoms with Gasteiger partial charge >= 0.3 is 5.97 Å². The molecule has 0 fully saturated rings. The Morgan fingerprint density at radius 1 is 1.33 bits per heavy atom. The zero-order valence-electron chi connectivity index (χ0n) is 15.0. The molecule has 1 aliphatic carbocycles. The van der Waals surface area contributed by atoms with E-state index in [-0.39, 0.29) is 0 Å². The van der Waals surface area contributed by atoms with Crippen LogP contribution < -0.4 is 10.9 Å². The van der Waals surface area contributed by atoms with Gasteiger partial charge in [0.1, 0.15) is 5.75 Å². The fraction of sp³-hybridized carbons (Fsp3) is 0.200. The van der Waals surface area contributed by atoms with Crippen molar-refractivity contribution in [2.75, 3.05) is 7.05 Å². The van der Waals surface area contributed by atoms with E-state index in [4.69, 9.17) is 0 Å². The number of carboxylic acids is 1. The van der Waals surface area contributed by atoms with Gasteiger partial charge in [-0.15, -0.1) is 0 Å². The molecule has 7 nitrogen and oxygen atoms in total. The maximum Gasteiger partial charge on any atom is 0.345 e. The van der Waals surface area contributed by atoms with Crippen LogP contribution in [0.3, 0.4) is 0 Å². The molecule has 0 radical (unpaired) electrons. The second-order valence-electron chi connectivity index (χ2n) is 6.67. The molecule has 4 N–H and O–H groups in total. The summed E-state index contributed by atoms with van der Waals surface area (Å²) >= 11 is 0. The predicted octanol–water partition coefficient (Wildman–Crippen LogP) is 2.23. The average molecular weight is 365 g/mol. The third-order valence-corrected chi connectivity index (χ3v) is 5.06. The largest absolute Gasteiger partial charge is 0.506 e. The monoisotopic (exact) mass is 365 g/mol. The number of aromatic hydroxyl groups is 1. The molecular weight excluding hydrogens is 346 g/mol. The van der Waals surface area contributed by atoms with Crippen molar-refractivity contribution in [2.45, 2.75) is 13.0 Å². The van der Waals surface area contributed by atoms with E-state index in [0.717, 1.165) is 34.3 Å². The molecule has 0 amide bonds. The van der Waals surface area contributed by atoms with Crippen LogP contribution in [0.2, 0.25) is 0 Å². The van der Waals surface area contributed by atoms with E-state index < -0.39 is 22.8 Å². The molecule has 138 valence electrons. The van der Waals surface area contributed by atoms with Crippen molar-refractivity contribution in [1.82, 2.24) is 14.9 Å². The Hall–Kier alpha value is -3.32. The smallest absolute Gasteiger partial charge is 0.345 e. The molecule has 0 aliphatic heterocycles. The molecule has 4 rings (SSSR count). The number of H-pyrrole nitrogens is 1. The highest BCUT2D eigenvalue weighted by atomic mass is 16.4. The number of allylic oxidation sites excluding steroid dienone is 1. The number of aryl methyl sites for hydroxylation is 1. The first-order chi connectivity index (χ1) is 12.9. The minimum Gasteiger partial charge on any atom is -0.506 e. The molecule has 2 aromatic heterocycles.